The van der Waals surface area contributed by atoms with Crippen LogP contribution >= 0.6 is 11.6 Å². The molecule has 0 heterocycles. The number of carbonyl (C=O) groups excluding carboxylic acids is 4. The number of hydrogen-bond acceptors (Lipinski definition) is 8. The van der Waals surface area contributed by atoms with Crippen LogP contribution in [0.4, 0.5) is 0 Å². The van der Waals surface area contributed by atoms with E-state index in [2.05, 4.69) is 13.2 Å². The lowest BCUT2D eigenvalue weighted by molar-refractivity contribution is -0.143. The molecule has 0 spiro atoms. The summed E-state index contributed by atoms with van der Waals surface area (Å²) in [4.78, 5) is 49.2. The third-order valence-electron chi connectivity index (χ3n) is 13.0. The second-order valence-electron chi connectivity index (χ2n) is 16.2. The Morgan fingerprint density at radius 2 is 0.943 bits per heavy atom. The molecule has 4 aliphatic rings. The molecule has 5 rings (SSSR count). The van der Waals surface area contributed by atoms with E-state index in [1.807, 2.05) is 0 Å². The van der Waals surface area contributed by atoms with Crippen LogP contribution in [0.2, 0.25) is 5.02 Å². The third-order valence-corrected chi connectivity index (χ3v) is 13.2. The molecule has 292 valence electrons. The fourth-order valence-corrected chi connectivity index (χ4v) is 9.95. The summed E-state index contributed by atoms with van der Waals surface area (Å²) in [7, 11) is 0. The first-order valence-corrected chi connectivity index (χ1v) is 20.9. The Bertz CT molecular complexity index is 1380. The third kappa shape index (κ3) is 12.7. The molecule has 0 saturated heterocycles. The van der Waals surface area contributed by atoms with Gasteiger partial charge in [0.15, 0.2) is 11.5 Å². The number of rotatable bonds is 16. The van der Waals surface area contributed by atoms with E-state index >= 15 is 0 Å². The minimum Gasteiger partial charge on any atom is -0.463 e. The summed E-state index contributed by atoms with van der Waals surface area (Å²) in [6.07, 6.45) is 23.7. The van der Waals surface area contributed by atoms with E-state index in [9.17, 15) is 19.2 Å². The standard InChI is InChI=1S/C44H61ClO8/c1-3-41(46)50-27-5-7-30-9-13-32(14-10-30)34-17-21-36(22-18-34)43(48)52-39-26-25-38(45)29-40(39)53-44(49)37-23-19-35(20-24-37)33-15-11-31(12-16-33)8-6-28-51-42(47)4-2/h3-4,25-26,29-37H,1-2,5-24,27-28H2/t30-,31-,32-,33-,34?,35?,36?,37?. The van der Waals surface area contributed by atoms with Crippen LogP contribution in [0.25, 0.3) is 0 Å². The lowest BCUT2D eigenvalue weighted by Gasteiger charge is -2.37. The van der Waals surface area contributed by atoms with Gasteiger partial charge in [-0.05, 0) is 150 Å². The van der Waals surface area contributed by atoms with Crippen molar-refractivity contribution in [3.8, 4) is 11.5 Å². The predicted octanol–water partition coefficient (Wildman–Crippen LogP) is 10.4. The summed E-state index contributed by atoms with van der Waals surface area (Å²) in [5, 5.41) is 0.427. The molecule has 8 nitrogen and oxygen atoms in total. The Morgan fingerprint density at radius 3 is 1.34 bits per heavy atom. The van der Waals surface area contributed by atoms with Gasteiger partial charge >= 0.3 is 23.9 Å². The van der Waals surface area contributed by atoms with Gasteiger partial charge in [-0.1, -0.05) is 50.4 Å². The Morgan fingerprint density at radius 1 is 0.566 bits per heavy atom. The van der Waals surface area contributed by atoms with Gasteiger partial charge in [-0.15, -0.1) is 0 Å². The van der Waals surface area contributed by atoms with Crippen molar-refractivity contribution >= 4 is 35.5 Å². The molecule has 4 saturated carbocycles. The molecular formula is C44H61ClO8. The van der Waals surface area contributed by atoms with Gasteiger partial charge < -0.3 is 18.9 Å². The van der Waals surface area contributed by atoms with Gasteiger partial charge in [0.25, 0.3) is 0 Å². The van der Waals surface area contributed by atoms with E-state index < -0.39 is 0 Å². The molecule has 0 amide bonds. The van der Waals surface area contributed by atoms with Gasteiger partial charge in [0, 0.05) is 23.2 Å². The molecular weight excluding hydrogens is 692 g/mol. The summed E-state index contributed by atoms with van der Waals surface area (Å²) in [6, 6.07) is 4.88. The second kappa shape index (κ2) is 21.1. The predicted molar refractivity (Wildman–Crippen MR) is 205 cm³/mol. The van der Waals surface area contributed by atoms with E-state index in [0.717, 1.165) is 77.0 Å². The summed E-state index contributed by atoms with van der Waals surface area (Å²) in [6.45, 7) is 7.82. The summed E-state index contributed by atoms with van der Waals surface area (Å²) in [5.41, 5.74) is 0. The number of hydrogen-bond donors (Lipinski definition) is 0. The maximum absolute atomic E-state index is 13.4. The Kier molecular flexibility index (Phi) is 16.3. The highest BCUT2D eigenvalue weighted by atomic mass is 35.5. The number of benzene rings is 1. The average Bonchev–Trinajstić information content (AvgIpc) is 3.19. The lowest BCUT2D eigenvalue weighted by atomic mass is 9.68. The molecule has 0 unspecified atom stereocenters. The van der Waals surface area contributed by atoms with Crippen LogP contribution in [0.15, 0.2) is 43.5 Å². The zero-order valence-corrected chi connectivity index (χ0v) is 32.4. The van der Waals surface area contributed by atoms with E-state index in [1.165, 1.54) is 63.5 Å². The van der Waals surface area contributed by atoms with E-state index in [1.54, 1.807) is 18.2 Å². The Balaban J connectivity index is 0.998. The van der Waals surface area contributed by atoms with Crippen molar-refractivity contribution in [1.29, 1.82) is 0 Å². The first-order valence-electron chi connectivity index (χ1n) is 20.5. The number of halogens is 1. The minimum absolute atomic E-state index is 0.160. The van der Waals surface area contributed by atoms with Gasteiger partial charge in [-0.25, -0.2) is 9.59 Å². The van der Waals surface area contributed by atoms with Gasteiger partial charge in [-0.3, -0.25) is 9.59 Å². The molecule has 4 fully saturated rings. The van der Waals surface area contributed by atoms with Gasteiger partial charge in [0.1, 0.15) is 0 Å². The first-order chi connectivity index (χ1) is 25.7. The van der Waals surface area contributed by atoms with Crippen molar-refractivity contribution in [2.24, 2.45) is 47.3 Å². The molecule has 4 aliphatic carbocycles. The largest absolute Gasteiger partial charge is 0.463 e. The Hall–Kier alpha value is -3.13. The van der Waals surface area contributed by atoms with Crippen LogP contribution in [-0.2, 0) is 28.7 Å². The number of carbonyl (C=O) groups is 4. The van der Waals surface area contributed by atoms with Crippen LogP contribution in [0.5, 0.6) is 11.5 Å². The zero-order chi connectivity index (χ0) is 37.6. The van der Waals surface area contributed by atoms with Crippen LogP contribution in [-0.4, -0.2) is 37.1 Å². The Labute approximate surface area is 321 Å². The van der Waals surface area contributed by atoms with Crippen LogP contribution in [0.1, 0.15) is 128 Å². The molecule has 1 aromatic carbocycles. The summed E-state index contributed by atoms with van der Waals surface area (Å²) in [5.74, 6) is 3.06. The lowest BCUT2D eigenvalue weighted by Crippen LogP contribution is -2.31. The SMILES string of the molecule is C=CC(=O)OCCC[C@H]1CC[C@H](C2CCC(C(=O)Oc3ccc(Cl)cc3OC(=O)C3CCC([C@H]4CC[C@H](CCCOC(=O)C=C)CC4)CC3)CC2)CC1. The fourth-order valence-electron chi connectivity index (χ4n) is 9.79. The summed E-state index contributed by atoms with van der Waals surface area (Å²) < 4.78 is 22.1. The molecule has 0 N–H and O–H groups in total. The molecule has 0 bridgehead atoms. The van der Waals surface area contributed by atoms with Crippen molar-refractivity contribution in [1.82, 2.24) is 0 Å². The van der Waals surface area contributed by atoms with Crippen LogP contribution in [0, 0.1) is 47.3 Å². The van der Waals surface area contributed by atoms with E-state index in [0.29, 0.717) is 53.7 Å². The zero-order valence-electron chi connectivity index (χ0n) is 31.6. The van der Waals surface area contributed by atoms with Gasteiger partial charge in [-0.2, -0.15) is 0 Å². The second-order valence-corrected chi connectivity index (χ2v) is 16.7. The molecule has 9 heteroatoms. The average molecular weight is 753 g/mol. The van der Waals surface area contributed by atoms with Gasteiger partial charge in [0.2, 0.25) is 0 Å². The molecule has 0 radical (unpaired) electrons. The number of ether oxygens (including phenoxy) is 4. The summed E-state index contributed by atoms with van der Waals surface area (Å²) >= 11 is 6.31. The number of esters is 4. The van der Waals surface area contributed by atoms with E-state index in [4.69, 9.17) is 30.5 Å². The topological polar surface area (TPSA) is 105 Å². The van der Waals surface area contributed by atoms with Crippen LogP contribution in [0.3, 0.4) is 0 Å². The van der Waals surface area contributed by atoms with Crippen molar-refractivity contribution in [2.75, 3.05) is 13.2 Å². The molecule has 0 aliphatic heterocycles. The van der Waals surface area contributed by atoms with Crippen molar-refractivity contribution < 1.29 is 38.1 Å². The highest BCUT2D eigenvalue weighted by Crippen LogP contribution is 2.44. The maximum atomic E-state index is 13.4. The first kappa shape index (κ1) is 41.0. The minimum atomic E-state index is -0.349. The molecule has 0 aromatic heterocycles. The quantitative estimate of drug-likeness (QED) is 0.0711. The monoisotopic (exact) mass is 752 g/mol. The molecule has 0 atom stereocenters. The van der Waals surface area contributed by atoms with Crippen molar-refractivity contribution in [3.05, 3.63) is 48.5 Å². The van der Waals surface area contributed by atoms with Gasteiger partial charge in [0.05, 0.1) is 25.0 Å². The molecule has 1 aromatic rings. The smallest absolute Gasteiger partial charge is 0.330 e. The highest BCUT2D eigenvalue weighted by molar-refractivity contribution is 6.30. The normalized spacial score (nSPS) is 28.9. The van der Waals surface area contributed by atoms with E-state index in [-0.39, 0.29) is 47.2 Å². The maximum Gasteiger partial charge on any atom is 0.330 e. The fraction of sp³-hybridized carbons (Fsp3) is 0.682. The molecule has 53 heavy (non-hydrogen) atoms. The van der Waals surface area contributed by atoms with Crippen molar-refractivity contribution in [3.63, 3.8) is 0 Å². The highest BCUT2D eigenvalue weighted by Gasteiger charge is 2.36. The van der Waals surface area contributed by atoms with Crippen LogP contribution < -0.4 is 9.47 Å². The van der Waals surface area contributed by atoms with Crippen molar-refractivity contribution in [2.45, 2.75) is 128 Å².